The Hall–Kier alpha value is -1.86. The van der Waals surface area contributed by atoms with Gasteiger partial charge in [-0.1, -0.05) is 6.07 Å². The summed E-state index contributed by atoms with van der Waals surface area (Å²) in [7, 11) is 0. The van der Waals surface area contributed by atoms with E-state index < -0.39 is 4.92 Å². The second-order valence-electron chi connectivity index (χ2n) is 5.73. The number of nitrogens with zero attached hydrogens (tertiary/aromatic N) is 2. The molecule has 1 aliphatic rings. The van der Waals surface area contributed by atoms with Crippen LogP contribution in [0.1, 0.15) is 20.3 Å². The molecule has 4 N–H and O–H groups in total. The van der Waals surface area contributed by atoms with Gasteiger partial charge in [0.2, 0.25) is 0 Å². The first kappa shape index (κ1) is 15.5. The Morgan fingerprint density at radius 3 is 2.76 bits per heavy atom. The normalized spacial score (nSPS) is 19.0. The smallest absolute Gasteiger partial charge is 0.316 e. The number of hydrogen-bond acceptors (Lipinski definition) is 6. The van der Waals surface area contributed by atoms with Crippen molar-refractivity contribution < 1.29 is 4.92 Å². The van der Waals surface area contributed by atoms with Gasteiger partial charge in [0.15, 0.2) is 0 Å². The molecule has 116 valence electrons. The average Bonchev–Trinajstić information content (AvgIpc) is 2.93. The number of benzene rings is 1. The predicted octanol–water partition coefficient (Wildman–Crippen LogP) is 2.02. The van der Waals surface area contributed by atoms with Gasteiger partial charge in [-0.25, -0.2) is 0 Å². The van der Waals surface area contributed by atoms with E-state index in [1.807, 2.05) is 0 Å². The second-order valence-corrected chi connectivity index (χ2v) is 5.73. The number of rotatable bonds is 6. The molecule has 1 aliphatic heterocycles. The first-order chi connectivity index (χ1) is 10.0. The molecule has 1 aromatic carbocycles. The summed E-state index contributed by atoms with van der Waals surface area (Å²) in [6.45, 7) is 7.25. The molecular weight excluding hydrogens is 270 g/mol. The van der Waals surface area contributed by atoms with Gasteiger partial charge < -0.3 is 15.6 Å². The summed E-state index contributed by atoms with van der Waals surface area (Å²) in [5.74, 6) is 5.85. The van der Waals surface area contributed by atoms with E-state index in [0.29, 0.717) is 23.3 Å². The largest absolute Gasteiger partial charge is 0.379 e. The molecule has 1 fully saturated rings. The van der Waals surface area contributed by atoms with Crippen molar-refractivity contribution >= 4 is 17.1 Å². The van der Waals surface area contributed by atoms with Crippen LogP contribution in [0.5, 0.6) is 0 Å². The average molecular weight is 293 g/mol. The number of nitrogens with two attached hydrogens (primary N) is 1. The maximum Gasteiger partial charge on any atom is 0.316 e. The molecule has 1 aromatic rings. The zero-order chi connectivity index (χ0) is 15.4. The lowest BCUT2D eigenvalue weighted by Crippen LogP contribution is -2.29. The molecule has 0 aromatic heterocycles. The third-order valence-corrected chi connectivity index (χ3v) is 4.00. The summed E-state index contributed by atoms with van der Waals surface area (Å²) in [5.41, 5.74) is 3.21. The van der Waals surface area contributed by atoms with Crippen LogP contribution in [-0.2, 0) is 0 Å². The first-order valence-electron chi connectivity index (χ1n) is 7.25. The van der Waals surface area contributed by atoms with Crippen molar-refractivity contribution in [2.45, 2.75) is 26.3 Å². The highest BCUT2D eigenvalue weighted by molar-refractivity contribution is 5.75. The molecule has 1 unspecified atom stereocenters. The quantitative estimate of drug-likeness (QED) is 0.422. The maximum atomic E-state index is 11.2. The van der Waals surface area contributed by atoms with E-state index >= 15 is 0 Å². The van der Waals surface area contributed by atoms with Crippen LogP contribution in [0.15, 0.2) is 18.2 Å². The van der Waals surface area contributed by atoms with E-state index in [9.17, 15) is 10.1 Å². The summed E-state index contributed by atoms with van der Waals surface area (Å²) >= 11 is 0. The fourth-order valence-corrected chi connectivity index (χ4v) is 2.75. The van der Waals surface area contributed by atoms with Gasteiger partial charge in [-0.05, 0) is 44.9 Å². The summed E-state index contributed by atoms with van der Waals surface area (Å²) in [6.07, 6.45) is 1.12. The maximum absolute atomic E-state index is 11.2. The molecule has 0 bridgehead atoms. The lowest BCUT2D eigenvalue weighted by atomic mass is 10.1. The molecule has 0 radical (unpaired) electrons. The van der Waals surface area contributed by atoms with Crippen molar-refractivity contribution in [3.8, 4) is 0 Å². The molecule has 1 saturated heterocycles. The van der Waals surface area contributed by atoms with Crippen LogP contribution in [0.2, 0.25) is 0 Å². The van der Waals surface area contributed by atoms with Crippen LogP contribution in [0.25, 0.3) is 0 Å². The molecule has 2 rings (SSSR count). The summed E-state index contributed by atoms with van der Waals surface area (Å²) in [5, 5.41) is 14.4. The van der Waals surface area contributed by atoms with Crippen LogP contribution in [0, 0.1) is 16.0 Å². The fraction of sp³-hybridized carbons (Fsp3) is 0.571. The Morgan fingerprint density at radius 2 is 2.19 bits per heavy atom. The zero-order valence-corrected chi connectivity index (χ0v) is 12.5. The minimum atomic E-state index is -0.410. The van der Waals surface area contributed by atoms with E-state index in [0.717, 1.165) is 26.1 Å². The van der Waals surface area contributed by atoms with Crippen molar-refractivity contribution in [2.75, 3.05) is 30.4 Å². The highest BCUT2D eigenvalue weighted by atomic mass is 16.6. The predicted molar refractivity (Wildman–Crippen MR) is 84.2 cm³/mol. The summed E-state index contributed by atoms with van der Waals surface area (Å²) in [4.78, 5) is 13.2. The van der Waals surface area contributed by atoms with Crippen molar-refractivity contribution in [1.82, 2.24) is 4.90 Å². The van der Waals surface area contributed by atoms with E-state index in [4.69, 9.17) is 5.84 Å². The minimum absolute atomic E-state index is 0.00119. The molecule has 7 nitrogen and oxygen atoms in total. The van der Waals surface area contributed by atoms with Crippen LogP contribution in [0.4, 0.5) is 17.1 Å². The lowest BCUT2D eigenvalue weighted by molar-refractivity contribution is -0.383. The molecule has 1 atom stereocenters. The standard InChI is InChI=1S/C14H23N5O2/c1-10(2)18-7-6-11(9-18)8-16-12-4-3-5-13(17-15)14(12)19(20)21/h3-5,10-11,16-17H,6-9,15H2,1-2H3. The number of hydrazine groups is 1. The van der Waals surface area contributed by atoms with Gasteiger partial charge in [0.1, 0.15) is 11.4 Å². The van der Waals surface area contributed by atoms with Gasteiger partial charge >= 0.3 is 5.69 Å². The molecular formula is C14H23N5O2. The number of likely N-dealkylation sites (tertiary alicyclic amines) is 1. The number of hydrogen-bond donors (Lipinski definition) is 3. The minimum Gasteiger partial charge on any atom is -0.379 e. The SMILES string of the molecule is CC(C)N1CCC(CNc2cccc(NN)c2[N+](=O)[O-])C1. The Labute approximate surface area is 124 Å². The summed E-state index contributed by atoms with van der Waals surface area (Å²) in [6, 6.07) is 5.61. The number of nitrogens with one attached hydrogen (secondary N) is 2. The monoisotopic (exact) mass is 293 g/mol. The summed E-state index contributed by atoms with van der Waals surface area (Å²) < 4.78 is 0. The van der Waals surface area contributed by atoms with Gasteiger partial charge in [-0.2, -0.15) is 0 Å². The molecule has 7 heteroatoms. The molecule has 1 heterocycles. The Kier molecular flexibility index (Phi) is 4.98. The molecule has 0 saturated carbocycles. The van der Waals surface area contributed by atoms with Gasteiger partial charge in [0, 0.05) is 19.1 Å². The van der Waals surface area contributed by atoms with Crippen LogP contribution in [-0.4, -0.2) is 35.5 Å². The number of nitrogen functional groups attached to an aromatic ring is 1. The zero-order valence-electron chi connectivity index (χ0n) is 12.5. The Morgan fingerprint density at radius 1 is 1.48 bits per heavy atom. The fourth-order valence-electron chi connectivity index (χ4n) is 2.75. The van der Waals surface area contributed by atoms with Gasteiger partial charge in [0.25, 0.3) is 0 Å². The lowest BCUT2D eigenvalue weighted by Gasteiger charge is -2.20. The van der Waals surface area contributed by atoms with E-state index in [-0.39, 0.29) is 5.69 Å². The number of anilines is 2. The van der Waals surface area contributed by atoms with Crippen LogP contribution >= 0.6 is 0 Å². The topological polar surface area (TPSA) is 96.5 Å². The van der Waals surface area contributed by atoms with Crippen LogP contribution in [0.3, 0.4) is 0 Å². The Bertz CT molecular complexity index is 506. The number of para-hydroxylation sites is 1. The van der Waals surface area contributed by atoms with Crippen molar-refractivity contribution in [1.29, 1.82) is 0 Å². The molecule has 0 amide bonds. The highest BCUT2D eigenvalue weighted by Gasteiger charge is 2.25. The third kappa shape index (κ3) is 3.62. The molecule has 0 aliphatic carbocycles. The van der Waals surface area contributed by atoms with Crippen molar-refractivity contribution in [2.24, 2.45) is 11.8 Å². The van der Waals surface area contributed by atoms with Crippen molar-refractivity contribution in [3.63, 3.8) is 0 Å². The molecule has 21 heavy (non-hydrogen) atoms. The number of nitro benzene ring substituents is 1. The van der Waals surface area contributed by atoms with Gasteiger partial charge in [0.05, 0.1) is 4.92 Å². The van der Waals surface area contributed by atoms with E-state index in [2.05, 4.69) is 29.5 Å². The number of nitro groups is 1. The van der Waals surface area contributed by atoms with E-state index in [1.54, 1.807) is 18.2 Å². The van der Waals surface area contributed by atoms with Crippen LogP contribution < -0.4 is 16.6 Å². The Balaban J connectivity index is 2.02. The van der Waals surface area contributed by atoms with Gasteiger partial charge in [-0.15, -0.1) is 0 Å². The molecule has 0 spiro atoms. The third-order valence-electron chi connectivity index (χ3n) is 4.00. The van der Waals surface area contributed by atoms with Crippen molar-refractivity contribution in [3.05, 3.63) is 28.3 Å². The first-order valence-corrected chi connectivity index (χ1v) is 7.25. The highest BCUT2D eigenvalue weighted by Crippen LogP contribution is 2.32. The van der Waals surface area contributed by atoms with Gasteiger partial charge in [-0.3, -0.25) is 16.0 Å². The van der Waals surface area contributed by atoms with E-state index in [1.165, 1.54) is 0 Å². The second kappa shape index (κ2) is 6.73.